The van der Waals surface area contributed by atoms with Crippen molar-refractivity contribution in [1.82, 2.24) is 15.1 Å². The van der Waals surface area contributed by atoms with Crippen molar-refractivity contribution in [3.63, 3.8) is 0 Å². The van der Waals surface area contributed by atoms with E-state index < -0.39 is 0 Å². The van der Waals surface area contributed by atoms with Gasteiger partial charge >= 0.3 is 0 Å². The lowest BCUT2D eigenvalue weighted by atomic mass is 9.87. The number of carbonyl (C=O) groups excluding carboxylic acids is 2. The maximum absolute atomic E-state index is 12.6. The second-order valence-corrected chi connectivity index (χ2v) is 6.04. The molecule has 1 aromatic rings. The van der Waals surface area contributed by atoms with E-state index in [9.17, 15) is 9.59 Å². The lowest BCUT2D eigenvalue weighted by Gasteiger charge is -2.35. The highest BCUT2D eigenvalue weighted by Crippen LogP contribution is 2.25. The highest BCUT2D eigenvalue weighted by Gasteiger charge is 2.32. The van der Waals surface area contributed by atoms with E-state index in [2.05, 4.69) is 10.2 Å². The smallest absolute Gasteiger partial charge is 0.233 e. The highest BCUT2D eigenvalue weighted by molar-refractivity contribution is 5.84. The molecule has 1 aliphatic heterocycles. The van der Waals surface area contributed by atoms with Gasteiger partial charge in [0.25, 0.3) is 0 Å². The summed E-state index contributed by atoms with van der Waals surface area (Å²) in [5, 5.41) is 7.73. The molecule has 2 heterocycles. The molecule has 1 saturated heterocycles. The van der Waals surface area contributed by atoms with Gasteiger partial charge in [0.05, 0.1) is 6.54 Å². The zero-order valence-electron chi connectivity index (χ0n) is 12.6. The van der Waals surface area contributed by atoms with Crippen LogP contribution in [-0.2, 0) is 9.59 Å². The number of ether oxygens (including phenoxy) is 1. The van der Waals surface area contributed by atoms with Gasteiger partial charge in [0.15, 0.2) is 0 Å². The van der Waals surface area contributed by atoms with Gasteiger partial charge in [-0.25, -0.2) is 0 Å². The van der Waals surface area contributed by atoms with E-state index in [4.69, 9.17) is 4.74 Å². The van der Waals surface area contributed by atoms with Crippen LogP contribution in [0, 0.1) is 5.92 Å². The molecule has 0 spiro atoms. The Morgan fingerprint density at radius 2 is 2.09 bits per heavy atom. The van der Waals surface area contributed by atoms with Crippen LogP contribution in [0.4, 0.5) is 0 Å². The number of hydrogen-bond acceptors (Lipinski definition) is 5. The molecule has 3 rings (SSSR count). The summed E-state index contributed by atoms with van der Waals surface area (Å²) in [6.45, 7) is 1.38. The number of rotatable bonds is 3. The third-order valence-corrected chi connectivity index (χ3v) is 4.42. The fourth-order valence-corrected chi connectivity index (χ4v) is 3.20. The molecule has 1 unspecified atom stereocenters. The van der Waals surface area contributed by atoms with E-state index in [1.54, 1.807) is 18.3 Å². The van der Waals surface area contributed by atoms with Crippen molar-refractivity contribution in [1.29, 1.82) is 0 Å². The Hall–Kier alpha value is -1.98. The topological polar surface area (TPSA) is 72.4 Å². The van der Waals surface area contributed by atoms with Gasteiger partial charge in [0.1, 0.15) is 11.9 Å². The average molecular weight is 303 g/mol. The summed E-state index contributed by atoms with van der Waals surface area (Å²) < 4.78 is 5.82. The summed E-state index contributed by atoms with van der Waals surface area (Å²) in [4.78, 5) is 25.8. The van der Waals surface area contributed by atoms with Gasteiger partial charge in [-0.1, -0.05) is 0 Å². The molecule has 6 heteroatoms. The van der Waals surface area contributed by atoms with Gasteiger partial charge in [-0.2, -0.15) is 5.10 Å². The number of likely N-dealkylation sites (tertiary alicyclic amines) is 1. The summed E-state index contributed by atoms with van der Waals surface area (Å²) in [5.41, 5.74) is 0. The minimum Gasteiger partial charge on any atom is -0.471 e. The normalized spacial score (nSPS) is 23.4. The van der Waals surface area contributed by atoms with Crippen LogP contribution in [0.2, 0.25) is 0 Å². The summed E-state index contributed by atoms with van der Waals surface area (Å²) in [5.74, 6) is 0.976. The molecule has 0 bridgehead atoms. The number of hydrogen-bond donors (Lipinski definition) is 0. The van der Waals surface area contributed by atoms with Gasteiger partial charge in [0.2, 0.25) is 11.8 Å². The first-order chi connectivity index (χ1) is 10.7. The molecule has 118 valence electrons. The van der Waals surface area contributed by atoms with Crippen molar-refractivity contribution < 1.29 is 14.3 Å². The first-order valence-electron chi connectivity index (χ1n) is 7.97. The van der Waals surface area contributed by atoms with Crippen molar-refractivity contribution in [2.45, 2.75) is 44.6 Å². The molecule has 1 aromatic heterocycles. The number of amides is 1. The molecule has 1 saturated carbocycles. The van der Waals surface area contributed by atoms with Gasteiger partial charge in [0, 0.05) is 37.6 Å². The van der Waals surface area contributed by atoms with Crippen LogP contribution in [-0.4, -0.2) is 46.0 Å². The number of piperidine rings is 1. The van der Waals surface area contributed by atoms with Crippen LogP contribution in [0.25, 0.3) is 0 Å². The molecule has 0 radical (unpaired) electrons. The first-order valence-corrected chi connectivity index (χ1v) is 7.97. The molecule has 2 aliphatic rings. The number of nitrogens with zero attached hydrogens (tertiary/aromatic N) is 3. The van der Waals surface area contributed by atoms with Crippen LogP contribution in [0.5, 0.6) is 5.88 Å². The van der Waals surface area contributed by atoms with Crippen LogP contribution < -0.4 is 4.74 Å². The predicted molar refractivity (Wildman–Crippen MR) is 79.2 cm³/mol. The maximum Gasteiger partial charge on any atom is 0.233 e. The Kier molecular flexibility index (Phi) is 4.65. The third-order valence-electron chi connectivity index (χ3n) is 4.42. The molecule has 0 N–H and O–H groups in total. The fraction of sp³-hybridized carbons (Fsp3) is 0.625. The Bertz CT molecular complexity index is 525. The largest absolute Gasteiger partial charge is 0.471 e. The van der Waals surface area contributed by atoms with Crippen molar-refractivity contribution in [2.75, 3.05) is 13.1 Å². The Morgan fingerprint density at radius 3 is 2.82 bits per heavy atom. The summed E-state index contributed by atoms with van der Waals surface area (Å²) in [6, 6.07) is 3.56. The van der Waals surface area contributed by atoms with E-state index in [1.165, 1.54) is 0 Å². The summed E-state index contributed by atoms with van der Waals surface area (Å²) in [7, 11) is 0. The lowest BCUT2D eigenvalue weighted by Crippen LogP contribution is -2.47. The Labute approximate surface area is 129 Å². The molecule has 1 amide bonds. The maximum atomic E-state index is 12.6. The zero-order chi connectivity index (χ0) is 15.4. The van der Waals surface area contributed by atoms with Gasteiger partial charge in [-0.05, 0) is 31.7 Å². The second-order valence-electron chi connectivity index (χ2n) is 6.04. The SMILES string of the molecule is O=C1CCC(C(=O)N2CCCC(Oc3cccnn3)C2)CC1. The van der Waals surface area contributed by atoms with Crippen molar-refractivity contribution >= 4 is 11.7 Å². The van der Waals surface area contributed by atoms with Gasteiger partial charge in [-0.15, -0.1) is 5.10 Å². The van der Waals surface area contributed by atoms with E-state index in [1.807, 2.05) is 4.90 Å². The number of aromatic nitrogens is 2. The molecular formula is C16H21N3O3. The summed E-state index contributed by atoms with van der Waals surface area (Å²) in [6.07, 6.45) is 5.92. The van der Waals surface area contributed by atoms with Crippen molar-refractivity contribution in [3.05, 3.63) is 18.3 Å². The molecule has 1 atom stereocenters. The van der Waals surface area contributed by atoms with Crippen molar-refractivity contribution in [3.8, 4) is 5.88 Å². The second kappa shape index (κ2) is 6.85. The predicted octanol–water partition coefficient (Wildman–Crippen LogP) is 1.61. The molecule has 0 aromatic carbocycles. The van der Waals surface area contributed by atoms with E-state index in [0.29, 0.717) is 38.1 Å². The minimum atomic E-state index is -0.0281. The molecule has 6 nitrogen and oxygen atoms in total. The lowest BCUT2D eigenvalue weighted by molar-refractivity contribution is -0.140. The summed E-state index contributed by atoms with van der Waals surface area (Å²) >= 11 is 0. The fourth-order valence-electron chi connectivity index (χ4n) is 3.20. The standard InChI is InChI=1S/C16H21N3O3/c20-13-7-5-12(6-8-13)16(21)19-10-2-3-14(11-19)22-15-4-1-9-17-18-15/h1,4,9,12,14H,2-3,5-8,10-11H2. The van der Waals surface area contributed by atoms with E-state index >= 15 is 0 Å². The Balaban J connectivity index is 1.56. The van der Waals surface area contributed by atoms with Crippen LogP contribution in [0.15, 0.2) is 18.3 Å². The number of carbonyl (C=O) groups is 2. The number of ketones is 1. The molecule has 1 aliphatic carbocycles. The van der Waals surface area contributed by atoms with Crippen molar-refractivity contribution in [2.24, 2.45) is 5.92 Å². The highest BCUT2D eigenvalue weighted by atomic mass is 16.5. The van der Waals surface area contributed by atoms with Gasteiger partial charge < -0.3 is 9.64 Å². The number of Topliss-reactive ketones (excluding diaryl/α,β-unsaturated/α-hetero) is 1. The van der Waals surface area contributed by atoms with Crippen LogP contribution in [0.3, 0.4) is 0 Å². The van der Waals surface area contributed by atoms with E-state index in [-0.39, 0.29) is 23.7 Å². The van der Waals surface area contributed by atoms with E-state index in [0.717, 1.165) is 19.4 Å². The van der Waals surface area contributed by atoms with Gasteiger partial charge in [-0.3, -0.25) is 9.59 Å². The first kappa shape index (κ1) is 14.9. The van der Waals surface area contributed by atoms with Crippen LogP contribution >= 0.6 is 0 Å². The molecule has 22 heavy (non-hydrogen) atoms. The average Bonchev–Trinajstić information content (AvgIpc) is 2.56. The quantitative estimate of drug-likeness (QED) is 0.848. The van der Waals surface area contributed by atoms with Crippen LogP contribution in [0.1, 0.15) is 38.5 Å². The Morgan fingerprint density at radius 1 is 1.27 bits per heavy atom. The molecule has 2 fully saturated rings. The zero-order valence-corrected chi connectivity index (χ0v) is 12.6. The molecular weight excluding hydrogens is 282 g/mol. The third kappa shape index (κ3) is 3.61. The minimum absolute atomic E-state index is 0.00738. The monoisotopic (exact) mass is 303 g/mol.